The van der Waals surface area contributed by atoms with E-state index in [9.17, 15) is 20.0 Å². The summed E-state index contributed by atoms with van der Waals surface area (Å²) in [6, 6.07) is 17.1. The molecule has 140 valence electrons. The highest BCUT2D eigenvalue weighted by molar-refractivity contribution is 6.09. The van der Waals surface area contributed by atoms with E-state index in [1.807, 2.05) is 24.3 Å². The van der Waals surface area contributed by atoms with Crippen molar-refractivity contribution < 1.29 is 9.90 Å². The van der Waals surface area contributed by atoms with Crippen LogP contribution in [0.3, 0.4) is 0 Å². The Morgan fingerprint density at radius 3 is 2.54 bits per heavy atom. The molecule has 0 bridgehead atoms. The van der Waals surface area contributed by atoms with Gasteiger partial charge in [0.15, 0.2) is 0 Å². The molecule has 0 atom stereocenters. The topological polar surface area (TPSA) is 100 Å². The Labute approximate surface area is 161 Å². The van der Waals surface area contributed by atoms with E-state index in [1.54, 1.807) is 42.9 Å². The minimum atomic E-state index is -0.697. The molecule has 3 rings (SSSR count). The molecule has 1 aromatic heterocycles. The minimum Gasteiger partial charge on any atom is -0.508 e. The van der Waals surface area contributed by atoms with Crippen LogP contribution in [0, 0.1) is 18.3 Å². The SMILES string of the molecule is Cc1c(NC(=O)/C(C#N)=C\c2cccc(O)c2)c(=O)n(-c2ccccc2)n1C. The van der Waals surface area contributed by atoms with Gasteiger partial charge in [-0.2, -0.15) is 5.26 Å². The average molecular weight is 374 g/mol. The molecule has 0 aliphatic rings. The second-order valence-electron chi connectivity index (χ2n) is 6.16. The van der Waals surface area contributed by atoms with E-state index in [0.29, 0.717) is 16.9 Å². The van der Waals surface area contributed by atoms with E-state index < -0.39 is 11.5 Å². The van der Waals surface area contributed by atoms with E-state index in [2.05, 4.69) is 5.32 Å². The van der Waals surface area contributed by atoms with E-state index in [4.69, 9.17) is 0 Å². The molecule has 0 saturated carbocycles. The van der Waals surface area contributed by atoms with Crippen LogP contribution in [0.5, 0.6) is 5.75 Å². The molecule has 3 aromatic rings. The third-order valence-corrected chi connectivity index (χ3v) is 4.34. The van der Waals surface area contributed by atoms with Crippen molar-refractivity contribution >= 4 is 17.7 Å². The van der Waals surface area contributed by atoms with Crippen molar-refractivity contribution in [3.8, 4) is 17.5 Å². The summed E-state index contributed by atoms with van der Waals surface area (Å²) in [6.07, 6.45) is 1.35. The summed E-state index contributed by atoms with van der Waals surface area (Å²) in [5.74, 6) is -0.673. The van der Waals surface area contributed by atoms with E-state index in [0.717, 1.165) is 0 Å². The highest BCUT2D eigenvalue weighted by Crippen LogP contribution is 2.17. The minimum absolute atomic E-state index is 0.0242. The van der Waals surface area contributed by atoms with E-state index in [1.165, 1.54) is 22.9 Å². The van der Waals surface area contributed by atoms with Gasteiger partial charge in [-0.25, -0.2) is 4.68 Å². The van der Waals surface area contributed by atoms with Gasteiger partial charge in [-0.05, 0) is 42.8 Å². The number of nitriles is 1. The lowest BCUT2D eigenvalue weighted by molar-refractivity contribution is -0.112. The van der Waals surface area contributed by atoms with Crippen molar-refractivity contribution in [1.82, 2.24) is 9.36 Å². The fourth-order valence-electron chi connectivity index (χ4n) is 2.82. The molecule has 1 heterocycles. The van der Waals surface area contributed by atoms with Gasteiger partial charge in [0.25, 0.3) is 11.5 Å². The molecule has 0 aliphatic heterocycles. The summed E-state index contributed by atoms with van der Waals surface area (Å²) in [4.78, 5) is 25.4. The number of amides is 1. The Morgan fingerprint density at radius 2 is 1.89 bits per heavy atom. The third kappa shape index (κ3) is 3.57. The van der Waals surface area contributed by atoms with Crippen LogP contribution in [0.25, 0.3) is 11.8 Å². The summed E-state index contributed by atoms with van der Waals surface area (Å²) in [5, 5.41) is 21.4. The molecule has 2 aromatic carbocycles. The van der Waals surface area contributed by atoms with Gasteiger partial charge in [0.05, 0.1) is 11.4 Å². The Morgan fingerprint density at radius 1 is 1.18 bits per heavy atom. The zero-order chi connectivity index (χ0) is 20.3. The van der Waals surface area contributed by atoms with Crippen LogP contribution in [0.2, 0.25) is 0 Å². The van der Waals surface area contributed by atoms with E-state index in [-0.39, 0.29) is 17.0 Å². The predicted octanol–water partition coefficient (Wildman–Crippen LogP) is 2.74. The van der Waals surface area contributed by atoms with Gasteiger partial charge in [-0.1, -0.05) is 30.3 Å². The summed E-state index contributed by atoms with van der Waals surface area (Å²) < 4.78 is 3.08. The van der Waals surface area contributed by atoms with Gasteiger partial charge < -0.3 is 10.4 Å². The van der Waals surface area contributed by atoms with Crippen LogP contribution in [-0.2, 0) is 11.8 Å². The van der Waals surface area contributed by atoms with Crippen molar-refractivity contribution in [3.05, 3.63) is 81.8 Å². The van der Waals surface area contributed by atoms with E-state index >= 15 is 0 Å². The number of phenolic OH excluding ortho intramolecular Hbond substituents is 1. The number of rotatable bonds is 4. The molecule has 7 nitrogen and oxygen atoms in total. The molecular formula is C21H18N4O3. The maximum absolute atomic E-state index is 12.9. The third-order valence-electron chi connectivity index (χ3n) is 4.34. The van der Waals surface area contributed by atoms with Crippen LogP contribution in [0.15, 0.2) is 65.0 Å². The lowest BCUT2D eigenvalue weighted by atomic mass is 10.1. The molecule has 0 unspecified atom stereocenters. The van der Waals surface area contributed by atoms with Crippen LogP contribution in [0.1, 0.15) is 11.3 Å². The van der Waals surface area contributed by atoms with Crippen molar-refractivity contribution in [3.63, 3.8) is 0 Å². The fourth-order valence-corrected chi connectivity index (χ4v) is 2.82. The van der Waals surface area contributed by atoms with Gasteiger partial charge in [-0.3, -0.25) is 14.3 Å². The van der Waals surface area contributed by atoms with Crippen molar-refractivity contribution in [1.29, 1.82) is 5.26 Å². The maximum atomic E-state index is 12.9. The number of nitrogens with one attached hydrogen (secondary N) is 1. The average Bonchev–Trinajstić information content (AvgIpc) is 2.90. The summed E-state index contributed by atoms with van der Waals surface area (Å²) in [6.45, 7) is 1.71. The number of carbonyl (C=O) groups is 1. The Kier molecular flexibility index (Phi) is 5.14. The van der Waals surface area contributed by atoms with Crippen LogP contribution >= 0.6 is 0 Å². The monoisotopic (exact) mass is 374 g/mol. The zero-order valence-corrected chi connectivity index (χ0v) is 15.4. The van der Waals surface area contributed by atoms with Gasteiger partial charge in [0.2, 0.25) is 0 Å². The van der Waals surface area contributed by atoms with Crippen molar-refractivity contribution in [2.45, 2.75) is 6.92 Å². The van der Waals surface area contributed by atoms with Crippen molar-refractivity contribution in [2.24, 2.45) is 7.05 Å². The smallest absolute Gasteiger partial charge is 0.295 e. The number of benzene rings is 2. The number of para-hydroxylation sites is 1. The van der Waals surface area contributed by atoms with Crippen molar-refractivity contribution in [2.75, 3.05) is 5.32 Å². The number of phenols is 1. The molecule has 7 heteroatoms. The lowest BCUT2D eigenvalue weighted by Crippen LogP contribution is -2.23. The normalized spacial score (nSPS) is 11.1. The first-order chi connectivity index (χ1) is 13.4. The van der Waals surface area contributed by atoms with Crippen LogP contribution in [-0.4, -0.2) is 20.4 Å². The first kappa shape index (κ1) is 18.7. The number of anilines is 1. The molecule has 0 spiro atoms. The number of carbonyl (C=O) groups excluding carboxylic acids is 1. The maximum Gasteiger partial charge on any atom is 0.295 e. The number of nitrogens with zero attached hydrogens (tertiary/aromatic N) is 3. The predicted molar refractivity (Wildman–Crippen MR) is 106 cm³/mol. The first-order valence-corrected chi connectivity index (χ1v) is 8.48. The number of hydrogen-bond acceptors (Lipinski definition) is 4. The molecule has 0 radical (unpaired) electrons. The van der Waals surface area contributed by atoms with Gasteiger partial charge in [-0.15, -0.1) is 0 Å². The number of aromatic nitrogens is 2. The molecule has 0 aliphatic carbocycles. The fraction of sp³-hybridized carbons (Fsp3) is 0.0952. The second-order valence-corrected chi connectivity index (χ2v) is 6.16. The first-order valence-electron chi connectivity index (χ1n) is 8.48. The molecule has 0 saturated heterocycles. The molecule has 0 fully saturated rings. The highest BCUT2D eigenvalue weighted by atomic mass is 16.3. The molecule has 28 heavy (non-hydrogen) atoms. The number of aromatic hydroxyl groups is 1. The second kappa shape index (κ2) is 7.68. The Hall–Kier alpha value is -4.05. The van der Waals surface area contributed by atoms with Gasteiger partial charge in [0.1, 0.15) is 23.1 Å². The lowest BCUT2D eigenvalue weighted by Gasteiger charge is -2.07. The Bertz CT molecular complexity index is 1160. The quantitative estimate of drug-likeness (QED) is 0.542. The molecule has 1 amide bonds. The molecule has 2 N–H and O–H groups in total. The number of hydrogen-bond donors (Lipinski definition) is 2. The standard InChI is InChI=1S/C21H18N4O3/c1-14-19(21(28)25(24(14)2)17-8-4-3-5-9-17)23-20(27)16(13-22)11-15-7-6-10-18(26)12-15/h3-12,26H,1-2H3,(H,23,27)/b16-11-. The summed E-state index contributed by atoms with van der Waals surface area (Å²) in [5.41, 5.74) is 1.24. The summed E-state index contributed by atoms with van der Waals surface area (Å²) >= 11 is 0. The van der Waals surface area contributed by atoms with Crippen LogP contribution < -0.4 is 10.9 Å². The van der Waals surface area contributed by atoms with Crippen LogP contribution in [0.4, 0.5) is 5.69 Å². The van der Waals surface area contributed by atoms with Gasteiger partial charge >= 0.3 is 0 Å². The molecular weight excluding hydrogens is 356 g/mol. The largest absolute Gasteiger partial charge is 0.508 e. The van der Waals surface area contributed by atoms with Gasteiger partial charge in [0, 0.05) is 7.05 Å². The highest BCUT2D eigenvalue weighted by Gasteiger charge is 2.19. The zero-order valence-electron chi connectivity index (χ0n) is 15.4. The summed E-state index contributed by atoms with van der Waals surface area (Å²) in [7, 11) is 1.72. The Balaban J connectivity index is 1.96.